The van der Waals surface area contributed by atoms with Crippen molar-refractivity contribution in [1.29, 1.82) is 0 Å². The van der Waals surface area contributed by atoms with E-state index >= 15 is 0 Å². The molecule has 0 atom stereocenters. The fourth-order valence-electron chi connectivity index (χ4n) is 3.18. The van der Waals surface area contributed by atoms with Crippen LogP contribution in [-0.2, 0) is 37.2 Å². The standard InChI is InChI=1S/C21H21N3.2C3H6O2.2ClH.Pt/c1-15(2)12-14-24-19-11-4-3-10-18(19)23-21(24)17-9-5-7-16-8-6-13-22-20(16)17;2*1-2-3(4)5;;;/h3-11,13,15H,12,14H2,1-2H3;2*2H2,1H3,(H,4,5);2*1H;/q;;;;;+4/p-4. The third-order valence-corrected chi connectivity index (χ3v) is 5.04. The maximum atomic E-state index is 9.26. The molecule has 2 aromatic heterocycles. The van der Waals surface area contributed by atoms with Gasteiger partial charge in [0.05, 0.1) is 16.6 Å². The van der Waals surface area contributed by atoms with Crippen molar-refractivity contribution in [3.05, 3.63) is 60.8 Å². The van der Waals surface area contributed by atoms with Crippen molar-refractivity contribution in [2.75, 3.05) is 0 Å². The first-order chi connectivity index (χ1) is 16.3. The summed E-state index contributed by atoms with van der Waals surface area (Å²) in [5.74, 6) is -0.319. The third-order valence-electron chi connectivity index (χ3n) is 5.04. The first kappa shape index (κ1) is 36.7. The summed E-state index contributed by atoms with van der Waals surface area (Å²) >= 11 is 0. The second-order valence-corrected chi connectivity index (χ2v) is 8.09. The van der Waals surface area contributed by atoms with E-state index < -0.39 is 11.9 Å². The van der Waals surface area contributed by atoms with Gasteiger partial charge in [0.2, 0.25) is 0 Å². The Hall–Kier alpha value is -2.47. The molecule has 37 heavy (non-hydrogen) atoms. The number of halogens is 2. The van der Waals surface area contributed by atoms with E-state index in [2.05, 4.69) is 65.9 Å². The molecule has 10 heteroatoms. The minimum atomic E-state index is -0.995. The van der Waals surface area contributed by atoms with Gasteiger partial charge < -0.3 is 49.2 Å². The van der Waals surface area contributed by atoms with E-state index in [9.17, 15) is 19.8 Å². The van der Waals surface area contributed by atoms with Gasteiger partial charge in [-0.05, 0) is 49.4 Å². The zero-order valence-electron chi connectivity index (χ0n) is 21.2. The molecule has 0 fully saturated rings. The Kier molecular flexibility index (Phi) is 18.6. The van der Waals surface area contributed by atoms with Crippen molar-refractivity contribution in [3.8, 4) is 11.4 Å². The number of rotatable bonds is 6. The molecule has 4 aromatic rings. The van der Waals surface area contributed by atoms with Crippen molar-refractivity contribution in [2.45, 2.75) is 53.5 Å². The van der Waals surface area contributed by atoms with Crippen molar-refractivity contribution in [2.24, 2.45) is 5.92 Å². The number of hydrogen-bond donors (Lipinski definition) is 0. The summed E-state index contributed by atoms with van der Waals surface area (Å²) in [6.45, 7) is 8.57. The Bertz CT molecular complexity index is 1230. The number of benzene rings is 2. The van der Waals surface area contributed by atoms with E-state index in [0.29, 0.717) is 5.92 Å². The van der Waals surface area contributed by atoms with Crippen LogP contribution in [0.5, 0.6) is 0 Å². The number of carboxylic acid groups (broad SMARTS) is 2. The van der Waals surface area contributed by atoms with E-state index in [1.165, 1.54) is 19.4 Å². The largest absolute Gasteiger partial charge is 4.00 e. The number of aryl methyl sites for hydroxylation is 1. The summed E-state index contributed by atoms with van der Waals surface area (Å²) in [5, 5.41) is 19.7. The maximum Gasteiger partial charge on any atom is 4.00 e. The Balaban J connectivity index is 0. The van der Waals surface area contributed by atoms with Gasteiger partial charge in [-0.3, -0.25) is 4.98 Å². The van der Waals surface area contributed by atoms with Crippen LogP contribution in [0, 0.1) is 5.92 Å². The second kappa shape index (κ2) is 18.7. The maximum absolute atomic E-state index is 9.26. The molecule has 0 aliphatic carbocycles. The number of fused-ring (bicyclic) bond motifs is 2. The summed E-state index contributed by atoms with van der Waals surface area (Å²) in [7, 11) is 0. The van der Waals surface area contributed by atoms with Crippen LogP contribution in [0.2, 0.25) is 0 Å². The predicted octanol–water partition coefficient (Wildman–Crippen LogP) is -2.40. The molecule has 0 amide bonds. The van der Waals surface area contributed by atoms with Crippen LogP contribution in [0.15, 0.2) is 60.8 Å². The summed E-state index contributed by atoms with van der Waals surface area (Å²) < 4.78 is 2.35. The predicted molar refractivity (Wildman–Crippen MR) is 131 cm³/mol. The SMILES string of the molecule is CC(C)CCn1c(-c2cccc3cccnc23)nc2ccccc21.CCC(=O)[O-].CCC(=O)[O-].[Cl-].[Cl-].[Pt+4]. The van der Waals surface area contributed by atoms with Gasteiger partial charge in [-0.15, -0.1) is 0 Å². The van der Waals surface area contributed by atoms with Crippen molar-refractivity contribution < 1.29 is 65.7 Å². The molecule has 4 rings (SSSR count). The van der Waals surface area contributed by atoms with E-state index in [-0.39, 0.29) is 58.7 Å². The van der Waals surface area contributed by atoms with Gasteiger partial charge in [-0.25, -0.2) is 4.98 Å². The Labute approximate surface area is 244 Å². The minimum Gasteiger partial charge on any atom is -1.00 e. The minimum absolute atomic E-state index is 0. The number of imidazole rings is 1. The molecule has 0 N–H and O–H groups in total. The topological polar surface area (TPSA) is 111 Å². The molecule has 0 bridgehead atoms. The monoisotopic (exact) mass is 726 g/mol. The molecular formula is C27H31Cl2N3O4Pt. The number of hydrogen-bond acceptors (Lipinski definition) is 6. The van der Waals surface area contributed by atoms with E-state index in [1.807, 2.05) is 18.3 Å². The third kappa shape index (κ3) is 11.2. The van der Waals surface area contributed by atoms with Crippen LogP contribution >= 0.6 is 0 Å². The smallest absolute Gasteiger partial charge is 1.00 e. The first-order valence-electron chi connectivity index (χ1n) is 11.5. The molecule has 7 nitrogen and oxygen atoms in total. The number of nitrogens with zero attached hydrogens (tertiary/aromatic N) is 3. The molecule has 0 aliphatic rings. The number of aliphatic carboxylic acids is 2. The molecule has 202 valence electrons. The van der Waals surface area contributed by atoms with Crippen molar-refractivity contribution in [1.82, 2.24) is 14.5 Å². The van der Waals surface area contributed by atoms with Crippen LogP contribution in [-0.4, -0.2) is 26.5 Å². The fourth-order valence-corrected chi connectivity index (χ4v) is 3.18. The number of carbonyl (C=O) groups is 2. The van der Waals surface area contributed by atoms with Crippen LogP contribution in [0.1, 0.15) is 47.0 Å². The quantitative estimate of drug-likeness (QED) is 0.219. The average Bonchev–Trinajstić information content (AvgIpc) is 3.21. The summed E-state index contributed by atoms with van der Waals surface area (Å²) in [6, 6.07) is 18.8. The van der Waals surface area contributed by atoms with Gasteiger partial charge in [-0.2, -0.15) is 0 Å². The number of para-hydroxylation sites is 3. The van der Waals surface area contributed by atoms with Gasteiger partial charge in [0.1, 0.15) is 5.82 Å². The summed E-state index contributed by atoms with van der Waals surface area (Å²) in [4.78, 5) is 28.1. The van der Waals surface area contributed by atoms with Gasteiger partial charge in [0.25, 0.3) is 0 Å². The van der Waals surface area contributed by atoms with Gasteiger partial charge in [0.15, 0.2) is 0 Å². The molecule has 0 radical (unpaired) electrons. The van der Waals surface area contributed by atoms with E-state index in [0.717, 1.165) is 40.8 Å². The molecule has 0 spiro atoms. The Morgan fingerprint density at radius 1 is 0.892 bits per heavy atom. The molecule has 2 aromatic carbocycles. The number of carboxylic acids is 2. The number of pyridine rings is 1. The number of carbonyl (C=O) groups excluding carboxylic acids is 2. The van der Waals surface area contributed by atoms with E-state index in [1.54, 1.807) is 0 Å². The zero-order valence-corrected chi connectivity index (χ0v) is 25.0. The molecule has 0 saturated carbocycles. The van der Waals surface area contributed by atoms with Gasteiger partial charge >= 0.3 is 21.1 Å². The van der Waals surface area contributed by atoms with Gasteiger partial charge in [0, 0.05) is 35.6 Å². The van der Waals surface area contributed by atoms with E-state index in [4.69, 9.17) is 4.98 Å². The molecule has 0 saturated heterocycles. The van der Waals surface area contributed by atoms with Crippen LogP contribution in [0.3, 0.4) is 0 Å². The van der Waals surface area contributed by atoms with Crippen LogP contribution in [0.4, 0.5) is 0 Å². The fraction of sp³-hybridized carbons (Fsp3) is 0.333. The Morgan fingerprint density at radius 3 is 2.03 bits per heavy atom. The molecule has 2 heterocycles. The first-order valence-corrected chi connectivity index (χ1v) is 11.5. The van der Waals surface area contributed by atoms with Crippen molar-refractivity contribution >= 4 is 33.9 Å². The average molecular weight is 728 g/mol. The second-order valence-electron chi connectivity index (χ2n) is 8.09. The molecule has 0 aliphatic heterocycles. The summed E-state index contributed by atoms with van der Waals surface area (Å²) in [6.07, 6.45) is 3.21. The molecular weight excluding hydrogens is 696 g/mol. The molecule has 0 unspecified atom stereocenters. The van der Waals surface area contributed by atoms with Crippen LogP contribution in [0.25, 0.3) is 33.3 Å². The number of aromatic nitrogens is 3. The normalized spacial score (nSPS) is 9.54. The Morgan fingerprint density at radius 2 is 1.46 bits per heavy atom. The van der Waals surface area contributed by atoms with Crippen molar-refractivity contribution in [3.63, 3.8) is 0 Å². The summed E-state index contributed by atoms with van der Waals surface area (Å²) in [5.41, 5.74) is 4.36. The van der Waals surface area contributed by atoms with Crippen LogP contribution < -0.4 is 35.0 Å². The zero-order chi connectivity index (χ0) is 25.1. The van der Waals surface area contributed by atoms with Gasteiger partial charge in [-0.1, -0.05) is 58.0 Å².